The Bertz CT molecular complexity index is 590. The van der Waals surface area contributed by atoms with E-state index in [1.807, 2.05) is 18.2 Å². The molecular formula is C20H24O3Se. The zero-order chi connectivity index (χ0) is 16.6. The van der Waals surface area contributed by atoms with E-state index in [2.05, 4.69) is 42.5 Å². The molecule has 0 amide bonds. The molecule has 0 radical (unpaired) electrons. The molecule has 1 heterocycles. The van der Waals surface area contributed by atoms with Crippen molar-refractivity contribution in [3.05, 3.63) is 66.2 Å². The van der Waals surface area contributed by atoms with Crippen molar-refractivity contribution in [2.45, 2.75) is 36.5 Å². The summed E-state index contributed by atoms with van der Waals surface area (Å²) in [4.78, 5) is 0.511. The molecule has 0 aliphatic carbocycles. The molecule has 0 saturated carbocycles. The van der Waals surface area contributed by atoms with Crippen LogP contribution in [-0.4, -0.2) is 45.5 Å². The van der Waals surface area contributed by atoms with E-state index in [1.165, 1.54) is 10.0 Å². The Labute approximate surface area is 150 Å². The van der Waals surface area contributed by atoms with Crippen LogP contribution in [0.5, 0.6) is 0 Å². The number of ether oxygens (including phenoxy) is 2. The fourth-order valence-corrected chi connectivity index (χ4v) is 5.75. The normalized spacial score (nSPS) is 23.5. The molecule has 24 heavy (non-hydrogen) atoms. The number of aliphatic hydroxyl groups excluding tert-OH is 1. The Balaban J connectivity index is 1.50. The van der Waals surface area contributed by atoms with Crippen molar-refractivity contribution in [3.8, 4) is 0 Å². The molecule has 2 aromatic carbocycles. The van der Waals surface area contributed by atoms with Gasteiger partial charge in [-0.2, -0.15) is 0 Å². The van der Waals surface area contributed by atoms with Crippen LogP contribution in [-0.2, 0) is 16.1 Å². The van der Waals surface area contributed by atoms with Crippen LogP contribution in [0, 0.1) is 0 Å². The standard InChI is InChI=1S/C20H24O3Se/c21-12-11-19-20(24-18-9-5-2-6-10-18)13-17(23-19)15-22-14-16-7-3-1-4-8-16/h1-10,17,19-21H,11-15H2/t17-,19-,20-/m1/s1. The van der Waals surface area contributed by atoms with E-state index in [9.17, 15) is 5.11 Å². The fraction of sp³-hybridized carbons (Fsp3) is 0.400. The van der Waals surface area contributed by atoms with Crippen LogP contribution in [0.1, 0.15) is 18.4 Å². The minimum atomic E-state index is 0.140. The molecule has 1 N–H and O–H groups in total. The Morgan fingerprint density at radius 2 is 1.75 bits per heavy atom. The zero-order valence-electron chi connectivity index (χ0n) is 13.7. The van der Waals surface area contributed by atoms with Gasteiger partial charge in [-0.1, -0.05) is 0 Å². The van der Waals surface area contributed by atoms with E-state index >= 15 is 0 Å². The van der Waals surface area contributed by atoms with Gasteiger partial charge in [0.1, 0.15) is 0 Å². The van der Waals surface area contributed by atoms with E-state index in [0.29, 0.717) is 39.4 Å². The summed E-state index contributed by atoms with van der Waals surface area (Å²) in [6.45, 7) is 1.43. The molecule has 1 saturated heterocycles. The molecule has 3 atom stereocenters. The molecule has 128 valence electrons. The number of rotatable bonds is 8. The molecule has 4 heteroatoms. The van der Waals surface area contributed by atoms with E-state index in [0.717, 1.165) is 6.42 Å². The predicted molar refractivity (Wildman–Crippen MR) is 96.7 cm³/mol. The number of aliphatic hydroxyl groups is 1. The summed E-state index contributed by atoms with van der Waals surface area (Å²) in [5.74, 6) is 0. The first-order valence-electron chi connectivity index (χ1n) is 8.45. The maximum atomic E-state index is 9.32. The first-order valence-corrected chi connectivity index (χ1v) is 10.3. The van der Waals surface area contributed by atoms with Gasteiger partial charge in [-0.25, -0.2) is 0 Å². The summed E-state index contributed by atoms with van der Waals surface area (Å²) in [5, 5.41) is 9.32. The molecule has 0 spiro atoms. The van der Waals surface area contributed by atoms with Gasteiger partial charge in [-0.3, -0.25) is 0 Å². The van der Waals surface area contributed by atoms with Gasteiger partial charge in [0.25, 0.3) is 0 Å². The van der Waals surface area contributed by atoms with E-state index in [4.69, 9.17) is 9.47 Å². The Morgan fingerprint density at radius 1 is 1.04 bits per heavy atom. The molecule has 1 fully saturated rings. The molecule has 0 aromatic heterocycles. The van der Waals surface area contributed by atoms with Gasteiger partial charge in [0, 0.05) is 0 Å². The topological polar surface area (TPSA) is 38.7 Å². The van der Waals surface area contributed by atoms with Crippen molar-refractivity contribution in [1.29, 1.82) is 0 Å². The monoisotopic (exact) mass is 392 g/mol. The summed E-state index contributed by atoms with van der Waals surface area (Å²) in [6, 6.07) is 20.8. The fourth-order valence-electron chi connectivity index (χ4n) is 2.97. The first-order chi connectivity index (χ1) is 11.8. The zero-order valence-corrected chi connectivity index (χ0v) is 15.4. The van der Waals surface area contributed by atoms with Crippen LogP contribution >= 0.6 is 0 Å². The molecule has 0 unspecified atom stereocenters. The molecule has 0 bridgehead atoms. The third kappa shape index (κ3) is 5.17. The van der Waals surface area contributed by atoms with Gasteiger partial charge < -0.3 is 0 Å². The van der Waals surface area contributed by atoms with Gasteiger partial charge >= 0.3 is 150 Å². The van der Waals surface area contributed by atoms with Crippen molar-refractivity contribution < 1.29 is 14.6 Å². The third-order valence-corrected chi connectivity index (χ3v) is 6.95. The van der Waals surface area contributed by atoms with Crippen LogP contribution in [0.4, 0.5) is 0 Å². The average Bonchev–Trinajstić information content (AvgIpc) is 2.99. The van der Waals surface area contributed by atoms with Crippen LogP contribution in [0.2, 0.25) is 4.82 Å². The second-order valence-corrected chi connectivity index (χ2v) is 8.77. The summed E-state index contributed by atoms with van der Waals surface area (Å²) in [7, 11) is 0. The average molecular weight is 391 g/mol. The van der Waals surface area contributed by atoms with Crippen molar-refractivity contribution in [2.24, 2.45) is 0 Å². The van der Waals surface area contributed by atoms with Crippen LogP contribution < -0.4 is 4.46 Å². The van der Waals surface area contributed by atoms with E-state index < -0.39 is 0 Å². The molecule has 3 nitrogen and oxygen atoms in total. The first kappa shape index (κ1) is 17.7. The molecule has 3 rings (SSSR count). The Kier molecular flexibility index (Phi) is 6.88. The van der Waals surface area contributed by atoms with E-state index in [1.54, 1.807) is 0 Å². The van der Waals surface area contributed by atoms with Gasteiger partial charge in [0.15, 0.2) is 0 Å². The summed E-state index contributed by atoms with van der Waals surface area (Å²) in [5.41, 5.74) is 1.19. The maximum absolute atomic E-state index is 9.32. The minimum absolute atomic E-state index is 0.140. The van der Waals surface area contributed by atoms with Crippen LogP contribution in [0.25, 0.3) is 0 Å². The van der Waals surface area contributed by atoms with Gasteiger partial charge in [0.05, 0.1) is 0 Å². The number of hydrogen-bond donors (Lipinski definition) is 1. The Morgan fingerprint density at radius 3 is 2.46 bits per heavy atom. The van der Waals surface area contributed by atoms with Gasteiger partial charge in [-0.05, 0) is 0 Å². The second-order valence-electron chi connectivity index (χ2n) is 6.01. The third-order valence-electron chi connectivity index (χ3n) is 4.14. The number of hydrogen-bond acceptors (Lipinski definition) is 3. The Hall–Kier alpha value is -1.16. The summed E-state index contributed by atoms with van der Waals surface area (Å²) < 4.78 is 13.4. The van der Waals surface area contributed by atoms with Crippen LogP contribution in [0.3, 0.4) is 0 Å². The van der Waals surface area contributed by atoms with Crippen LogP contribution in [0.15, 0.2) is 60.7 Å². The number of benzene rings is 2. The van der Waals surface area contributed by atoms with Crippen molar-refractivity contribution in [1.82, 2.24) is 0 Å². The molecule has 2 aromatic rings. The molecule has 1 aliphatic rings. The van der Waals surface area contributed by atoms with Crippen molar-refractivity contribution >= 4 is 19.4 Å². The summed E-state index contributed by atoms with van der Waals surface area (Å²) in [6.07, 6.45) is 2.03. The second kappa shape index (κ2) is 9.36. The SMILES string of the molecule is OCC[C@H]1O[C@@H](COCc2ccccc2)C[C@H]1[Se]c1ccccc1. The van der Waals surface area contributed by atoms with Gasteiger partial charge in [-0.15, -0.1) is 0 Å². The van der Waals surface area contributed by atoms with E-state index in [-0.39, 0.29) is 18.8 Å². The van der Waals surface area contributed by atoms with Crippen molar-refractivity contribution in [3.63, 3.8) is 0 Å². The molecular weight excluding hydrogens is 367 g/mol. The quantitative estimate of drug-likeness (QED) is 0.703. The summed E-state index contributed by atoms with van der Waals surface area (Å²) >= 11 is 0.370. The van der Waals surface area contributed by atoms with Crippen molar-refractivity contribution in [2.75, 3.05) is 13.2 Å². The van der Waals surface area contributed by atoms with Gasteiger partial charge in [0.2, 0.25) is 0 Å². The molecule has 1 aliphatic heterocycles. The predicted octanol–water partition coefficient (Wildman–Crippen LogP) is 2.56.